The third kappa shape index (κ3) is 3.19. The van der Waals surface area contributed by atoms with Crippen LogP contribution in [0.15, 0.2) is 18.2 Å². The Morgan fingerprint density at radius 2 is 2.29 bits per heavy atom. The minimum atomic E-state index is -0.376. The van der Waals surface area contributed by atoms with E-state index in [9.17, 15) is 4.79 Å². The van der Waals surface area contributed by atoms with Gasteiger partial charge in [0.2, 0.25) is 0 Å². The number of Topliss-reactive ketones (excluding diaryl/α,β-unsaturated/α-hetero) is 1. The van der Waals surface area contributed by atoms with Crippen molar-refractivity contribution >= 4 is 29.0 Å². The molecule has 17 heavy (non-hydrogen) atoms. The fourth-order valence-electron chi connectivity index (χ4n) is 1.76. The van der Waals surface area contributed by atoms with Crippen molar-refractivity contribution < 1.29 is 9.53 Å². The molecule has 0 aromatic heterocycles. The molecule has 0 bridgehead atoms. The van der Waals surface area contributed by atoms with Crippen LogP contribution in [-0.2, 0) is 16.0 Å². The topological polar surface area (TPSA) is 38.3 Å². The summed E-state index contributed by atoms with van der Waals surface area (Å²) < 4.78 is 5.39. The first kappa shape index (κ1) is 12.8. The molecule has 1 saturated heterocycles. The molecular formula is C12H13Cl2NO2. The van der Waals surface area contributed by atoms with Gasteiger partial charge in [-0.3, -0.25) is 4.79 Å². The van der Waals surface area contributed by atoms with Crippen LogP contribution in [0.2, 0.25) is 10.0 Å². The summed E-state index contributed by atoms with van der Waals surface area (Å²) in [6.45, 7) is 1.93. The van der Waals surface area contributed by atoms with Crippen molar-refractivity contribution in [2.75, 3.05) is 19.7 Å². The lowest BCUT2D eigenvalue weighted by molar-refractivity contribution is -0.131. The lowest BCUT2D eigenvalue weighted by Gasteiger charge is -2.22. The summed E-state index contributed by atoms with van der Waals surface area (Å²) in [5.41, 5.74) is 0.748. The van der Waals surface area contributed by atoms with E-state index in [1.165, 1.54) is 0 Å². The van der Waals surface area contributed by atoms with Crippen molar-refractivity contribution in [3.8, 4) is 0 Å². The highest BCUT2D eigenvalue weighted by molar-refractivity contribution is 6.42. The van der Waals surface area contributed by atoms with Crippen molar-refractivity contribution in [1.82, 2.24) is 5.32 Å². The molecule has 1 N–H and O–H groups in total. The Bertz CT molecular complexity index is 417. The van der Waals surface area contributed by atoms with Crippen LogP contribution in [0.25, 0.3) is 0 Å². The van der Waals surface area contributed by atoms with Crippen molar-refractivity contribution in [1.29, 1.82) is 0 Å². The van der Waals surface area contributed by atoms with Gasteiger partial charge in [0.15, 0.2) is 5.78 Å². The van der Waals surface area contributed by atoms with E-state index in [1.54, 1.807) is 12.1 Å². The summed E-state index contributed by atoms with van der Waals surface area (Å²) in [7, 11) is 0. The number of morpholine rings is 1. The molecule has 0 spiro atoms. The van der Waals surface area contributed by atoms with Crippen molar-refractivity contribution in [2.45, 2.75) is 12.5 Å². The molecule has 5 heteroatoms. The molecule has 0 amide bonds. The standard InChI is InChI=1S/C12H13Cl2NO2/c13-9-3-1-2-8(12(9)14)6-10(16)11-7-15-4-5-17-11/h1-3,11,15H,4-7H2. The summed E-state index contributed by atoms with van der Waals surface area (Å²) in [6, 6.07) is 5.30. The number of ether oxygens (including phenoxy) is 1. The number of ketones is 1. The van der Waals surface area contributed by atoms with Crippen LogP contribution < -0.4 is 5.32 Å². The Morgan fingerprint density at radius 1 is 1.47 bits per heavy atom. The van der Waals surface area contributed by atoms with Crippen molar-refractivity contribution in [3.05, 3.63) is 33.8 Å². The van der Waals surface area contributed by atoms with Gasteiger partial charge in [0.1, 0.15) is 6.10 Å². The second-order valence-electron chi connectivity index (χ2n) is 3.92. The lowest BCUT2D eigenvalue weighted by Crippen LogP contribution is -2.43. The fraction of sp³-hybridized carbons (Fsp3) is 0.417. The molecule has 1 aromatic rings. The summed E-state index contributed by atoms with van der Waals surface area (Å²) in [4.78, 5) is 12.0. The van der Waals surface area contributed by atoms with Gasteiger partial charge in [-0.25, -0.2) is 0 Å². The van der Waals surface area contributed by atoms with E-state index in [2.05, 4.69) is 5.32 Å². The zero-order valence-corrected chi connectivity index (χ0v) is 10.7. The average Bonchev–Trinajstić information content (AvgIpc) is 2.36. The Hall–Kier alpha value is -0.610. The zero-order chi connectivity index (χ0) is 12.3. The Labute approximate surface area is 110 Å². The highest BCUT2D eigenvalue weighted by atomic mass is 35.5. The highest BCUT2D eigenvalue weighted by Crippen LogP contribution is 2.26. The summed E-state index contributed by atoms with van der Waals surface area (Å²) in [5, 5.41) is 4.04. The third-order valence-electron chi connectivity index (χ3n) is 2.68. The average molecular weight is 274 g/mol. The maximum absolute atomic E-state index is 12.0. The summed E-state index contributed by atoms with van der Waals surface area (Å²) >= 11 is 11.9. The molecule has 0 aliphatic carbocycles. The summed E-state index contributed by atoms with van der Waals surface area (Å²) in [6.07, 6.45) is -0.120. The molecule has 1 fully saturated rings. The molecule has 0 radical (unpaired) electrons. The summed E-state index contributed by atoms with van der Waals surface area (Å²) in [5.74, 6) is 0.0290. The minimum Gasteiger partial charge on any atom is -0.368 e. The molecule has 1 aliphatic rings. The number of hydrogen-bond donors (Lipinski definition) is 1. The van der Waals surface area contributed by atoms with Crippen molar-refractivity contribution in [2.24, 2.45) is 0 Å². The van der Waals surface area contributed by atoms with E-state index in [0.717, 1.165) is 12.1 Å². The second kappa shape index (κ2) is 5.83. The normalized spacial score (nSPS) is 20.2. The number of carbonyl (C=O) groups is 1. The first-order valence-electron chi connectivity index (χ1n) is 5.46. The number of rotatable bonds is 3. The number of halogens is 2. The first-order chi connectivity index (χ1) is 8.18. The molecule has 1 aromatic carbocycles. The maximum Gasteiger partial charge on any atom is 0.167 e. The minimum absolute atomic E-state index is 0.0290. The number of carbonyl (C=O) groups excluding carboxylic acids is 1. The predicted octanol–water partition coefficient (Wildman–Crippen LogP) is 2.09. The largest absolute Gasteiger partial charge is 0.368 e. The second-order valence-corrected chi connectivity index (χ2v) is 4.70. The van der Waals surface area contributed by atoms with Crippen LogP contribution in [0, 0.1) is 0 Å². The molecule has 3 nitrogen and oxygen atoms in total. The van der Waals surface area contributed by atoms with Gasteiger partial charge in [-0.2, -0.15) is 0 Å². The first-order valence-corrected chi connectivity index (χ1v) is 6.22. The maximum atomic E-state index is 12.0. The van der Waals surface area contributed by atoms with Gasteiger partial charge in [-0.15, -0.1) is 0 Å². The van der Waals surface area contributed by atoms with Gasteiger partial charge in [-0.1, -0.05) is 35.3 Å². The van der Waals surface area contributed by atoms with E-state index < -0.39 is 0 Å². The van der Waals surface area contributed by atoms with Crippen LogP contribution in [0.5, 0.6) is 0 Å². The highest BCUT2D eigenvalue weighted by Gasteiger charge is 2.22. The molecule has 1 heterocycles. The van der Waals surface area contributed by atoms with E-state index in [-0.39, 0.29) is 18.3 Å². The molecular weight excluding hydrogens is 261 g/mol. The van der Waals surface area contributed by atoms with E-state index in [1.807, 2.05) is 6.07 Å². The van der Waals surface area contributed by atoms with Crippen LogP contribution in [0.1, 0.15) is 5.56 Å². The number of benzene rings is 1. The SMILES string of the molecule is O=C(Cc1cccc(Cl)c1Cl)C1CNCCO1. The zero-order valence-electron chi connectivity index (χ0n) is 9.21. The van der Waals surface area contributed by atoms with Crippen LogP contribution in [0.4, 0.5) is 0 Å². The van der Waals surface area contributed by atoms with Crippen LogP contribution in [-0.4, -0.2) is 31.6 Å². The quantitative estimate of drug-likeness (QED) is 0.917. The Balaban J connectivity index is 2.04. The van der Waals surface area contributed by atoms with Gasteiger partial charge in [0.25, 0.3) is 0 Å². The van der Waals surface area contributed by atoms with E-state index in [0.29, 0.717) is 23.2 Å². The van der Waals surface area contributed by atoms with Gasteiger partial charge in [0.05, 0.1) is 16.7 Å². The predicted molar refractivity (Wildman–Crippen MR) is 67.8 cm³/mol. The molecule has 0 saturated carbocycles. The van der Waals surface area contributed by atoms with E-state index >= 15 is 0 Å². The lowest BCUT2D eigenvalue weighted by atomic mass is 10.0. The van der Waals surface area contributed by atoms with Crippen LogP contribution >= 0.6 is 23.2 Å². The smallest absolute Gasteiger partial charge is 0.167 e. The Kier molecular flexibility index (Phi) is 4.40. The van der Waals surface area contributed by atoms with Crippen LogP contribution in [0.3, 0.4) is 0 Å². The van der Waals surface area contributed by atoms with Gasteiger partial charge < -0.3 is 10.1 Å². The van der Waals surface area contributed by atoms with E-state index in [4.69, 9.17) is 27.9 Å². The monoisotopic (exact) mass is 273 g/mol. The van der Waals surface area contributed by atoms with Gasteiger partial charge in [0, 0.05) is 19.5 Å². The molecule has 92 valence electrons. The number of hydrogen-bond acceptors (Lipinski definition) is 3. The number of nitrogens with one attached hydrogen (secondary N) is 1. The molecule has 1 aliphatic heterocycles. The van der Waals surface area contributed by atoms with Gasteiger partial charge in [-0.05, 0) is 11.6 Å². The molecule has 2 rings (SSSR count). The molecule has 1 unspecified atom stereocenters. The fourth-order valence-corrected chi connectivity index (χ4v) is 2.15. The van der Waals surface area contributed by atoms with Gasteiger partial charge >= 0.3 is 0 Å². The Morgan fingerprint density at radius 3 is 3.00 bits per heavy atom. The molecule has 1 atom stereocenters. The third-order valence-corrected chi connectivity index (χ3v) is 3.54. The van der Waals surface area contributed by atoms with Crippen molar-refractivity contribution in [3.63, 3.8) is 0 Å².